The smallest absolute Gasteiger partial charge is 0.155 e. The lowest BCUT2D eigenvalue weighted by Crippen LogP contribution is -2.37. The number of hydrogen-bond donors (Lipinski definition) is 1. The summed E-state index contributed by atoms with van der Waals surface area (Å²) in [4.78, 5) is 12.4. The molecule has 2 heterocycles. The van der Waals surface area contributed by atoms with Gasteiger partial charge in [0, 0.05) is 18.3 Å². The van der Waals surface area contributed by atoms with Crippen LogP contribution in [0.4, 0.5) is 0 Å². The van der Waals surface area contributed by atoms with Crippen molar-refractivity contribution >= 4 is 5.78 Å². The summed E-state index contributed by atoms with van der Waals surface area (Å²) < 4.78 is 1.92. The van der Waals surface area contributed by atoms with Gasteiger partial charge in [-0.25, -0.2) is 0 Å². The highest BCUT2D eigenvalue weighted by molar-refractivity contribution is 5.86. The fraction of sp³-hybridized carbons (Fsp3) is 0.750. The second-order valence-electron chi connectivity index (χ2n) is 6.63. The maximum absolute atomic E-state index is 12.4. The Morgan fingerprint density at radius 1 is 1.45 bits per heavy atom. The minimum Gasteiger partial charge on any atom is -0.304 e. The normalized spacial score (nSPS) is 29.6. The van der Waals surface area contributed by atoms with Gasteiger partial charge < -0.3 is 5.32 Å². The van der Waals surface area contributed by atoms with E-state index in [4.69, 9.17) is 0 Å². The molecule has 3 atom stereocenters. The molecule has 1 aromatic rings. The third-order valence-electron chi connectivity index (χ3n) is 4.80. The van der Waals surface area contributed by atoms with Gasteiger partial charge in [0.15, 0.2) is 5.78 Å². The number of hydrogen-bond acceptors (Lipinski definition) is 3. The fourth-order valence-electron chi connectivity index (χ4n) is 3.62. The van der Waals surface area contributed by atoms with Gasteiger partial charge in [0.2, 0.25) is 0 Å². The number of carbonyl (C=O) groups excluding carboxylic acids is 1. The lowest BCUT2D eigenvalue weighted by Gasteiger charge is -2.24. The zero-order valence-electron chi connectivity index (χ0n) is 12.5. The molecule has 4 nitrogen and oxygen atoms in total. The van der Waals surface area contributed by atoms with Gasteiger partial charge in [0.1, 0.15) is 0 Å². The Morgan fingerprint density at radius 2 is 2.25 bits per heavy atom. The summed E-state index contributed by atoms with van der Waals surface area (Å²) in [5, 5.41) is 8.04. The molecule has 2 fully saturated rings. The highest BCUT2D eigenvalue weighted by atomic mass is 16.1. The van der Waals surface area contributed by atoms with Crippen molar-refractivity contribution in [3.63, 3.8) is 0 Å². The van der Waals surface area contributed by atoms with Crippen molar-refractivity contribution in [2.75, 3.05) is 0 Å². The van der Waals surface area contributed by atoms with Crippen LogP contribution in [0.5, 0.6) is 0 Å². The van der Waals surface area contributed by atoms with Gasteiger partial charge in [0.05, 0.1) is 18.2 Å². The zero-order valence-corrected chi connectivity index (χ0v) is 12.5. The molecule has 0 bridgehead atoms. The minimum absolute atomic E-state index is 0.0623. The van der Waals surface area contributed by atoms with Crippen molar-refractivity contribution in [2.45, 2.75) is 70.5 Å². The van der Waals surface area contributed by atoms with Crippen LogP contribution in [-0.4, -0.2) is 27.6 Å². The summed E-state index contributed by atoms with van der Waals surface area (Å²) in [5.74, 6) is 1.04. The molecule has 1 saturated heterocycles. The number of aromatic nitrogens is 2. The molecule has 3 unspecified atom stereocenters. The lowest BCUT2D eigenvalue weighted by atomic mass is 9.84. The number of carbonyl (C=O) groups is 1. The summed E-state index contributed by atoms with van der Waals surface area (Å²) >= 11 is 0. The van der Waals surface area contributed by atoms with E-state index in [9.17, 15) is 4.79 Å². The van der Waals surface area contributed by atoms with E-state index < -0.39 is 0 Å². The van der Waals surface area contributed by atoms with Crippen LogP contribution in [0.2, 0.25) is 0 Å². The van der Waals surface area contributed by atoms with Gasteiger partial charge in [-0.3, -0.25) is 9.48 Å². The molecule has 4 heteroatoms. The van der Waals surface area contributed by atoms with Crippen LogP contribution in [0.25, 0.3) is 0 Å². The molecule has 1 aliphatic carbocycles. The van der Waals surface area contributed by atoms with Crippen LogP contribution < -0.4 is 5.32 Å². The van der Waals surface area contributed by atoms with E-state index in [1.165, 1.54) is 25.7 Å². The highest BCUT2D eigenvalue weighted by Crippen LogP contribution is 2.33. The number of rotatable bonds is 4. The van der Waals surface area contributed by atoms with Crippen molar-refractivity contribution in [1.82, 2.24) is 15.1 Å². The minimum atomic E-state index is 0.0623. The summed E-state index contributed by atoms with van der Waals surface area (Å²) in [7, 11) is 0. The predicted octanol–water partition coefficient (Wildman–Crippen LogP) is 2.50. The molecule has 3 rings (SSSR count). The summed E-state index contributed by atoms with van der Waals surface area (Å²) in [6, 6.07) is 2.98. The lowest BCUT2D eigenvalue weighted by molar-refractivity contribution is -0.120. The number of ketones is 1. The molecular weight excluding hydrogens is 250 g/mol. The van der Waals surface area contributed by atoms with Crippen LogP contribution in [-0.2, 0) is 11.2 Å². The molecule has 0 radical (unpaired) electrons. The van der Waals surface area contributed by atoms with Gasteiger partial charge >= 0.3 is 0 Å². The van der Waals surface area contributed by atoms with E-state index in [1.807, 2.05) is 16.9 Å². The monoisotopic (exact) mass is 275 g/mol. The standard InChI is InChI=1S/C16H25N3O/c1-11(2)19-8-7-13(18-19)10-16(20)15-9-12-5-3-4-6-14(12)17-15/h7-8,11-12,14-15,17H,3-6,9-10H2,1-2H3. The number of Topliss-reactive ketones (excluding diaryl/α,β-unsaturated/α-hetero) is 1. The molecule has 0 amide bonds. The number of nitrogens with zero attached hydrogens (tertiary/aromatic N) is 2. The van der Waals surface area contributed by atoms with E-state index in [0.717, 1.165) is 18.0 Å². The Balaban J connectivity index is 1.59. The molecule has 0 spiro atoms. The van der Waals surface area contributed by atoms with Crippen LogP contribution in [0, 0.1) is 5.92 Å². The van der Waals surface area contributed by atoms with Crippen LogP contribution in [0.1, 0.15) is 57.7 Å². The summed E-state index contributed by atoms with van der Waals surface area (Å²) in [6.07, 6.45) is 8.66. The van der Waals surface area contributed by atoms with E-state index in [0.29, 0.717) is 24.3 Å². The van der Waals surface area contributed by atoms with Crippen LogP contribution >= 0.6 is 0 Å². The van der Waals surface area contributed by atoms with Crippen molar-refractivity contribution < 1.29 is 4.79 Å². The van der Waals surface area contributed by atoms with E-state index >= 15 is 0 Å². The SMILES string of the molecule is CC(C)n1ccc(CC(=O)C2CC3CCCCC3N2)n1. The number of nitrogens with one attached hydrogen (secondary N) is 1. The Hall–Kier alpha value is -1.16. The van der Waals surface area contributed by atoms with Crippen molar-refractivity contribution in [1.29, 1.82) is 0 Å². The fourth-order valence-corrected chi connectivity index (χ4v) is 3.62. The second-order valence-corrected chi connectivity index (χ2v) is 6.63. The largest absolute Gasteiger partial charge is 0.304 e. The van der Waals surface area contributed by atoms with Crippen LogP contribution in [0.3, 0.4) is 0 Å². The summed E-state index contributed by atoms with van der Waals surface area (Å²) in [5.41, 5.74) is 0.903. The molecule has 20 heavy (non-hydrogen) atoms. The summed E-state index contributed by atoms with van der Waals surface area (Å²) in [6.45, 7) is 4.20. The third kappa shape index (κ3) is 2.80. The molecule has 1 saturated carbocycles. The highest BCUT2D eigenvalue weighted by Gasteiger charge is 2.37. The Morgan fingerprint density at radius 3 is 2.95 bits per heavy atom. The Kier molecular flexibility index (Phi) is 3.92. The van der Waals surface area contributed by atoms with E-state index in [-0.39, 0.29) is 6.04 Å². The van der Waals surface area contributed by atoms with Gasteiger partial charge in [0.25, 0.3) is 0 Å². The van der Waals surface area contributed by atoms with Gasteiger partial charge in [-0.05, 0) is 45.1 Å². The first-order chi connectivity index (χ1) is 9.63. The molecule has 0 aromatic carbocycles. The van der Waals surface area contributed by atoms with Crippen molar-refractivity contribution in [3.05, 3.63) is 18.0 Å². The van der Waals surface area contributed by atoms with Crippen molar-refractivity contribution in [2.24, 2.45) is 5.92 Å². The first-order valence-electron chi connectivity index (χ1n) is 7.96. The zero-order chi connectivity index (χ0) is 14.1. The van der Waals surface area contributed by atoms with Gasteiger partial charge in [-0.15, -0.1) is 0 Å². The maximum atomic E-state index is 12.4. The topological polar surface area (TPSA) is 46.9 Å². The molecule has 110 valence electrons. The maximum Gasteiger partial charge on any atom is 0.155 e. The van der Waals surface area contributed by atoms with E-state index in [1.54, 1.807) is 0 Å². The molecule has 1 aromatic heterocycles. The first-order valence-corrected chi connectivity index (χ1v) is 7.96. The van der Waals surface area contributed by atoms with E-state index in [2.05, 4.69) is 24.3 Å². The molecule has 1 N–H and O–H groups in total. The number of fused-ring (bicyclic) bond motifs is 1. The molecule has 2 aliphatic rings. The molecule has 1 aliphatic heterocycles. The second kappa shape index (κ2) is 5.68. The van der Waals surface area contributed by atoms with Crippen molar-refractivity contribution in [3.8, 4) is 0 Å². The van der Waals surface area contributed by atoms with Gasteiger partial charge in [-0.2, -0.15) is 5.10 Å². The quantitative estimate of drug-likeness (QED) is 0.918. The Bertz CT molecular complexity index is 466. The third-order valence-corrected chi connectivity index (χ3v) is 4.80. The van der Waals surface area contributed by atoms with Crippen LogP contribution in [0.15, 0.2) is 12.3 Å². The predicted molar refractivity (Wildman–Crippen MR) is 78.6 cm³/mol. The first kappa shape index (κ1) is 13.8. The average Bonchev–Trinajstić information content (AvgIpc) is 3.04. The molecular formula is C16H25N3O. The average molecular weight is 275 g/mol. The Labute approximate surface area is 120 Å². The van der Waals surface area contributed by atoms with Gasteiger partial charge in [-0.1, -0.05) is 12.8 Å².